The molecule has 0 atom stereocenters. The van der Waals surface area contributed by atoms with Gasteiger partial charge in [0.2, 0.25) is 0 Å². The SMILES string of the molecule is Cc1cc(OCCn2nc(C)c([N+](=O)[O-])c2C)ccc1C(C)C. The third-order valence-electron chi connectivity index (χ3n) is 3.96. The second-order valence-corrected chi connectivity index (χ2v) is 6.02. The lowest BCUT2D eigenvalue weighted by Gasteiger charge is -2.12. The molecule has 0 aliphatic rings. The Hall–Kier alpha value is -2.37. The van der Waals surface area contributed by atoms with E-state index in [4.69, 9.17) is 4.74 Å². The number of hydrogen-bond donors (Lipinski definition) is 0. The van der Waals surface area contributed by atoms with Crippen LogP contribution in [0.15, 0.2) is 18.2 Å². The van der Waals surface area contributed by atoms with Crippen LogP contribution in [0.1, 0.15) is 42.3 Å². The standard InChI is InChI=1S/C17H23N3O3/c1-11(2)16-7-6-15(10-12(16)3)23-9-8-19-14(5)17(20(21)22)13(4)18-19/h6-7,10-11H,8-9H2,1-5H3. The van der Waals surface area contributed by atoms with Gasteiger partial charge in [0, 0.05) is 0 Å². The zero-order valence-corrected chi connectivity index (χ0v) is 14.3. The molecule has 1 heterocycles. The maximum atomic E-state index is 11.0. The molecule has 2 aromatic rings. The van der Waals surface area contributed by atoms with Gasteiger partial charge in [-0.1, -0.05) is 19.9 Å². The van der Waals surface area contributed by atoms with Gasteiger partial charge in [0.1, 0.15) is 23.7 Å². The zero-order chi connectivity index (χ0) is 17.1. The molecule has 6 heteroatoms. The summed E-state index contributed by atoms with van der Waals surface area (Å²) in [6, 6.07) is 6.08. The summed E-state index contributed by atoms with van der Waals surface area (Å²) in [5.41, 5.74) is 3.60. The van der Waals surface area contributed by atoms with E-state index in [1.54, 1.807) is 18.5 Å². The Bertz CT molecular complexity index is 720. The van der Waals surface area contributed by atoms with E-state index in [0.29, 0.717) is 30.5 Å². The first-order valence-corrected chi connectivity index (χ1v) is 7.73. The molecule has 0 saturated carbocycles. The predicted octanol–water partition coefficient (Wildman–Crippen LogP) is 3.92. The van der Waals surface area contributed by atoms with E-state index in [1.807, 2.05) is 12.1 Å². The molecule has 0 unspecified atom stereocenters. The van der Waals surface area contributed by atoms with E-state index in [1.165, 1.54) is 11.1 Å². The number of aryl methyl sites for hydroxylation is 2. The minimum atomic E-state index is -0.386. The van der Waals surface area contributed by atoms with Gasteiger partial charge < -0.3 is 4.74 Å². The van der Waals surface area contributed by atoms with Crippen molar-refractivity contribution in [3.8, 4) is 5.75 Å². The van der Waals surface area contributed by atoms with Gasteiger partial charge >= 0.3 is 5.69 Å². The fourth-order valence-electron chi connectivity index (χ4n) is 2.81. The number of ether oxygens (including phenoxy) is 1. The summed E-state index contributed by atoms with van der Waals surface area (Å²) in [4.78, 5) is 10.6. The normalized spacial score (nSPS) is 11.0. The van der Waals surface area contributed by atoms with Crippen molar-refractivity contribution in [2.75, 3.05) is 6.61 Å². The first kappa shape index (κ1) is 17.0. The fourth-order valence-corrected chi connectivity index (χ4v) is 2.81. The molecule has 0 bridgehead atoms. The summed E-state index contributed by atoms with van der Waals surface area (Å²) >= 11 is 0. The Morgan fingerprint density at radius 1 is 1.30 bits per heavy atom. The Kier molecular flexibility index (Phi) is 5.03. The highest BCUT2D eigenvalue weighted by molar-refractivity contribution is 5.39. The number of hydrogen-bond acceptors (Lipinski definition) is 4. The van der Waals surface area contributed by atoms with Gasteiger partial charge in [-0.15, -0.1) is 0 Å². The number of nitro groups is 1. The van der Waals surface area contributed by atoms with Crippen LogP contribution in [0.3, 0.4) is 0 Å². The molecule has 0 saturated heterocycles. The van der Waals surface area contributed by atoms with Crippen LogP contribution in [-0.4, -0.2) is 21.3 Å². The first-order chi connectivity index (χ1) is 10.8. The molecule has 1 aromatic heterocycles. The van der Waals surface area contributed by atoms with Gasteiger partial charge in [-0.25, -0.2) is 0 Å². The van der Waals surface area contributed by atoms with E-state index in [0.717, 1.165) is 5.75 Å². The molecule has 0 amide bonds. The Balaban J connectivity index is 2.02. The highest BCUT2D eigenvalue weighted by Crippen LogP contribution is 2.24. The van der Waals surface area contributed by atoms with Crippen LogP contribution in [0.25, 0.3) is 0 Å². The van der Waals surface area contributed by atoms with Crippen molar-refractivity contribution in [2.45, 2.75) is 47.1 Å². The lowest BCUT2D eigenvalue weighted by Crippen LogP contribution is -2.11. The van der Waals surface area contributed by atoms with Crippen molar-refractivity contribution in [1.29, 1.82) is 0 Å². The van der Waals surface area contributed by atoms with Gasteiger partial charge in [-0.05, 0) is 49.9 Å². The Morgan fingerprint density at radius 2 is 2.00 bits per heavy atom. The highest BCUT2D eigenvalue weighted by atomic mass is 16.6. The minimum absolute atomic E-state index is 0.0853. The van der Waals surface area contributed by atoms with Gasteiger partial charge in [0.05, 0.1) is 11.5 Å². The van der Waals surface area contributed by atoms with Gasteiger partial charge in [-0.2, -0.15) is 5.10 Å². The predicted molar refractivity (Wildman–Crippen MR) is 89.1 cm³/mol. The van der Waals surface area contributed by atoms with Crippen molar-refractivity contribution in [1.82, 2.24) is 9.78 Å². The van der Waals surface area contributed by atoms with Crippen molar-refractivity contribution < 1.29 is 9.66 Å². The molecule has 0 radical (unpaired) electrons. The summed E-state index contributed by atoms with van der Waals surface area (Å²) in [6.07, 6.45) is 0. The van der Waals surface area contributed by atoms with Gasteiger partial charge in [0.15, 0.2) is 0 Å². The summed E-state index contributed by atoms with van der Waals surface area (Å²) in [6.45, 7) is 10.7. The van der Waals surface area contributed by atoms with E-state index in [2.05, 4.69) is 31.9 Å². The second-order valence-electron chi connectivity index (χ2n) is 6.02. The summed E-state index contributed by atoms with van der Waals surface area (Å²) in [7, 11) is 0. The Labute approximate surface area is 136 Å². The highest BCUT2D eigenvalue weighted by Gasteiger charge is 2.21. The molecular weight excluding hydrogens is 294 g/mol. The monoisotopic (exact) mass is 317 g/mol. The average Bonchev–Trinajstić information content (AvgIpc) is 2.73. The third kappa shape index (κ3) is 3.70. The molecule has 0 spiro atoms. The van der Waals surface area contributed by atoms with Gasteiger partial charge in [0.25, 0.3) is 0 Å². The van der Waals surface area contributed by atoms with Gasteiger partial charge in [-0.3, -0.25) is 14.8 Å². The number of rotatable bonds is 6. The van der Waals surface area contributed by atoms with Crippen molar-refractivity contribution in [3.63, 3.8) is 0 Å². The van der Waals surface area contributed by atoms with Crippen molar-refractivity contribution in [3.05, 3.63) is 50.8 Å². The molecule has 0 fully saturated rings. The van der Waals surface area contributed by atoms with Crippen LogP contribution < -0.4 is 4.74 Å². The van der Waals surface area contributed by atoms with Crippen molar-refractivity contribution in [2.24, 2.45) is 0 Å². The molecule has 0 aliphatic heterocycles. The van der Waals surface area contributed by atoms with Crippen LogP contribution in [0, 0.1) is 30.9 Å². The van der Waals surface area contributed by atoms with Crippen molar-refractivity contribution >= 4 is 5.69 Å². The topological polar surface area (TPSA) is 70.2 Å². The second kappa shape index (κ2) is 6.81. The summed E-state index contributed by atoms with van der Waals surface area (Å²) in [5.74, 6) is 1.29. The molecule has 0 aliphatic carbocycles. The quantitative estimate of drug-likeness (QED) is 0.598. The van der Waals surface area contributed by atoms with Crippen LogP contribution in [-0.2, 0) is 6.54 Å². The molecule has 124 valence electrons. The third-order valence-corrected chi connectivity index (χ3v) is 3.96. The lowest BCUT2D eigenvalue weighted by molar-refractivity contribution is -0.386. The minimum Gasteiger partial charge on any atom is -0.492 e. The maximum absolute atomic E-state index is 11.0. The Morgan fingerprint density at radius 3 is 2.52 bits per heavy atom. The number of benzene rings is 1. The average molecular weight is 317 g/mol. The summed E-state index contributed by atoms with van der Waals surface area (Å²) in [5, 5.41) is 15.2. The molecule has 2 rings (SSSR count). The molecule has 6 nitrogen and oxygen atoms in total. The zero-order valence-electron chi connectivity index (χ0n) is 14.3. The van der Waals surface area contributed by atoms with Crippen LogP contribution in [0.4, 0.5) is 5.69 Å². The van der Waals surface area contributed by atoms with E-state index in [9.17, 15) is 10.1 Å². The molecule has 0 N–H and O–H groups in total. The van der Waals surface area contributed by atoms with Crippen LogP contribution >= 0.6 is 0 Å². The first-order valence-electron chi connectivity index (χ1n) is 7.73. The molecule has 23 heavy (non-hydrogen) atoms. The fraction of sp³-hybridized carbons (Fsp3) is 0.471. The summed E-state index contributed by atoms with van der Waals surface area (Å²) < 4.78 is 7.39. The number of aromatic nitrogens is 2. The van der Waals surface area contributed by atoms with E-state index >= 15 is 0 Å². The van der Waals surface area contributed by atoms with Crippen LogP contribution in [0.2, 0.25) is 0 Å². The van der Waals surface area contributed by atoms with Crippen LogP contribution in [0.5, 0.6) is 5.75 Å². The molecular formula is C17H23N3O3. The van der Waals surface area contributed by atoms with E-state index in [-0.39, 0.29) is 10.6 Å². The maximum Gasteiger partial charge on any atom is 0.312 e. The molecule has 1 aromatic carbocycles. The van der Waals surface area contributed by atoms with E-state index < -0.39 is 0 Å². The lowest BCUT2D eigenvalue weighted by atomic mass is 9.98. The largest absolute Gasteiger partial charge is 0.492 e. The number of nitrogens with zero attached hydrogens (tertiary/aromatic N) is 3. The smallest absolute Gasteiger partial charge is 0.312 e.